The number of piperazine rings is 1. The number of amides is 1. The number of nitrogens with one attached hydrogen (secondary N) is 1. The first-order valence-corrected chi connectivity index (χ1v) is 18.8. The number of aromatic nitrogens is 4. The molecule has 0 radical (unpaired) electrons. The first kappa shape index (κ1) is 36.1. The number of para-hydroxylation sites is 2. The summed E-state index contributed by atoms with van der Waals surface area (Å²) >= 11 is 1.19. The summed E-state index contributed by atoms with van der Waals surface area (Å²) in [5.41, 5.74) is 2.08. The van der Waals surface area contributed by atoms with Gasteiger partial charge in [-0.3, -0.25) is 14.3 Å². The molecule has 0 saturated carbocycles. The van der Waals surface area contributed by atoms with Gasteiger partial charge in [0.1, 0.15) is 24.0 Å². The van der Waals surface area contributed by atoms with Crippen LogP contribution in [0.4, 0.5) is 11.5 Å². The molecule has 0 unspecified atom stereocenters. The Labute approximate surface area is 304 Å². The number of benzene rings is 3. The lowest BCUT2D eigenvalue weighted by atomic mass is 10.1. The van der Waals surface area contributed by atoms with Gasteiger partial charge in [0.25, 0.3) is 9.84 Å². The lowest BCUT2D eigenvalue weighted by Gasteiger charge is -2.34. The van der Waals surface area contributed by atoms with Crippen LogP contribution in [0.1, 0.15) is 12.5 Å². The van der Waals surface area contributed by atoms with Gasteiger partial charge in [0.15, 0.2) is 11.0 Å². The number of ether oxygens (including phenoxy) is 2. The maximum absolute atomic E-state index is 13.3. The van der Waals surface area contributed by atoms with E-state index in [4.69, 9.17) is 14.5 Å². The highest BCUT2D eigenvalue weighted by atomic mass is 32.2. The van der Waals surface area contributed by atoms with E-state index in [1.165, 1.54) is 23.9 Å². The number of rotatable bonds is 14. The Morgan fingerprint density at radius 1 is 1.00 bits per heavy atom. The van der Waals surface area contributed by atoms with Crippen LogP contribution in [0.25, 0.3) is 11.3 Å². The standard InChI is InChI=1S/C35H34N8O7S2/c1-2-48-29-16-10-9-15-28(29)37-32-27(23-36)31(25-11-5-3-6-12-25)38-35(39-32)51-24-30(44)42-19-17-41(18-20-42)21-22-49-33-34(43(45)50-40-33)52(46,47)26-13-7-4-8-14-26/h3-16H,2,17-22,24H2,1H3,(H,37,38,39). The second-order valence-corrected chi connectivity index (χ2v) is 14.1. The van der Waals surface area contributed by atoms with Gasteiger partial charge in [0.2, 0.25) is 5.91 Å². The van der Waals surface area contributed by atoms with E-state index in [0.717, 1.165) is 5.56 Å². The van der Waals surface area contributed by atoms with E-state index < -0.39 is 20.7 Å². The van der Waals surface area contributed by atoms with Crippen LogP contribution in [0.2, 0.25) is 0 Å². The van der Waals surface area contributed by atoms with Gasteiger partial charge in [0, 0.05) is 38.3 Å². The molecule has 1 N–H and O–H groups in total. The lowest BCUT2D eigenvalue weighted by molar-refractivity contribution is -0.832. The third kappa shape index (κ3) is 8.26. The average Bonchev–Trinajstić information content (AvgIpc) is 3.56. The van der Waals surface area contributed by atoms with Crippen LogP contribution in [0.5, 0.6) is 11.6 Å². The van der Waals surface area contributed by atoms with Gasteiger partial charge in [-0.2, -0.15) is 5.26 Å². The minimum Gasteiger partial charge on any atom is -0.492 e. The molecule has 268 valence electrons. The molecule has 0 atom stereocenters. The van der Waals surface area contributed by atoms with Gasteiger partial charge >= 0.3 is 10.9 Å². The second-order valence-electron chi connectivity index (χ2n) is 11.3. The van der Waals surface area contributed by atoms with Crippen LogP contribution in [-0.2, 0) is 14.6 Å². The molecular weight excluding hydrogens is 709 g/mol. The largest absolute Gasteiger partial charge is 0.492 e. The summed E-state index contributed by atoms with van der Waals surface area (Å²) in [6.45, 7) is 4.81. The molecule has 5 aromatic rings. The zero-order chi connectivity index (χ0) is 36.5. The van der Waals surface area contributed by atoms with Crippen LogP contribution < -0.4 is 19.7 Å². The van der Waals surface area contributed by atoms with Crippen molar-refractivity contribution in [3.63, 3.8) is 0 Å². The van der Waals surface area contributed by atoms with Gasteiger partial charge in [-0.05, 0) is 36.1 Å². The van der Waals surface area contributed by atoms with Gasteiger partial charge in [-0.1, -0.05) is 72.4 Å². The van der Waals surface area contributed by atoms with Gasteiger partial charge < -0.3 is 24.9 Å². The monoisotopic (exact) mass is 742 g/mol. The highest BCUT2D eigenvalue weighted by Gasteiger charge is 2.36. The molecule has 0 aliphatic carbocycles. The van der Waals surface area contributed by atoms with Crippen molar-refractivity contribution < 1.29 is 32.2 Å². The van der Waals surface area contributed by atoms with Crippen molar-refractivity contribution in [2.45, 2.75) is 22.0 Å². The Hall–Kier alpha value is -5.70. The first-order valence-electron chi connectivity index (χ1n) is 16.3. The van der Waals surface area contributed by atoms with Crippen molar-refractivity contribution >= 4 is 39.0 Å². The number of hydrogen-bond acceptors (Lipinski definition) is 14. The molecular formula is C35H34N8O7S2. The molecule has 3 aromatic carbocycles. The Bertz CT molecular complexity index is 2160. The molecule has 6 rings (SSSR count). The van der Waals surface area contributed by atoms with E-state index in [-0.39, 0.29) is 33.6 Å². The van der Waals surface area contributed by atoms with Crippen LogP contribution in [0, 0.1) is 16.5 Å². The molecule has 0 bridgehead atoms. The molecule has 3 heterocycles. The van der Waals surface area contributed by atoms with E-state index in [1.807, 2.05) is 61.5 Å². The molecule has 1 saturated heterocycles. The lowest BCUT2D eigenvalue weighted by Crippen LogP contribution is -2.50. The van der Waals surface area contributed by atoms with Crippen molar-refractivity contribution in [3.05, 3.63) is 95.7 Å². The zero-order valence-electron chi connectivity index (χ0n) is 28.0. The maximum Gasteiger partial charge on any atom is 0.415 e. The zero-order valence-corrected chi connectivity index (χ0v) is 29.7. The normalized spacial score (nSPS) is 13.3. The molecule has 52 heavy (non-hydrogen) atoms. The SMILES string of the molecule is CCOc1ccccc1Nc1nc(SCC(=O)N2CCN(CCOc3no[n+]([O-])c3S(=O)(=O)c3ccccc3)CC2)nc(-c2ccccc2)c1C#N. The highest BCUT2D eigenvalue weighted by molar-refractivity contribution is 7.99. The van der Waals surface area contributed by atoms with Crippen molar-refractivity contribution in [1.82, 2.24) is 24.9 Å². The number of hydrogen-bond donors (Lipinski definition) is 1. The third-order valence-electron chi connectivity index (χ3n) is 8.04. The number of anilines is 2. The predicted molar refractivity (Wildman–Crippen MR) is 190 cm³/mol. The average molecular weight is 743 g/mol. The molecule has 0 spiro atoms. The van der Waals surface area contributed by atoms with E-state index >= 15 is 0 Å². The van der Waals surface area contributed by atoms with Gasteiger partial charge in [-0.15, -0.1) is 0 Å². The Balaban J connectivity index is 1.07. The van der Waals surface area contributed by atoms with E-state index in [9.17, 15) is 23.7 Å². The fourth-order valence-corrected chi connectivity index (χ4v) is 7.48. The minimum absolute atomic E-state index is 0.0405. The van der Waals surface area contributed by atoms with Crippen molar-refractivity contribution in [2.24, 2.45) is 0 Å². The molecule has 17 heteroatoms. The summed E-state index contributed by atoms with van der Waals surface area (Å²) in [6, 6.07) is 26.4. The molecule has 1 aliphatic heterocycles. The van der Waals surface area contributed by atoms with E-state index in [2.05, 4.69) is 31.1 Å². The third-order valence-corrected chi connectivity index (χ3v) is 10.6. The summed E-state index contributed by atoms with van der Waals surface area (Å²) in [4.78, 5) is 26.2. The van der Waals surface area contributed by atoms with Crippen LogP contribution >= 0.6 is 11.8 Å². The summed E-state index contributed by atoms with van der Waals surface area (Å²) in [5.74, 6) is 0.484. The van der Waals surface area contributed by atoms with Gasteiger partial charge in [-0.25, -0.2) is 18.4 Å². The highest BCUT2D eigenvalue weighted by Crippen LogP contribution is 2.33. The van der Waals surface area contributed by atoms with Crippen molar-refractivity contribution in [1.29, 1.82) is 5.26 Å². The minimum atomic E-state index is -4.22. The molecule has 15 nitrogen and oxygen atoms in total. The second kappa shape index (κ2) is 16.5. The quantitative estimate of drug-likeness (QED) is 0.0978. The number of sulfone groups is 1. The Morgan fingerprint density at radius 3 is 2.40 bits per heavy atom. The number of carbonyl (C=O) groups excluding carboxylic acids is 1. The van der Waals surface area contributed by atoms with E-state index in [1.54, 1.807) is 23.1 Å². The smallest absolute Gasteiger partial charge is 0.415 e. The number of nitrogens with zero attached hydrogens (tertiary/aromatic N) is 7. The van der Waals surface area contributed by atoms with Crippen molar-refractivity contribution in [2.75, 3.05) is 57.0 Å². The topological polar surface area (TPSA) is 191 Å². The summed E-state index contributed by atoms with van der Waals surface area (Å²) in [7, 11) is -4.22. The molecule has 1 fully saturated rings. The number of nitriles is 1. The van der Waals surface area contributed by atoms with Gasteiger partial charge in [0.05, 0.1) is 33.8 Å². The molecule has 1 aliphatic rings. The van der Waals surface area contributed by atoms with Crippen molar-refractivity contribution in [3.8, 4) is 29.0 Å². The fraction of sp³-hybridized carbons (Fsp3) is 0.257. The molecule has 1 amide bonds. The fourth-order valence-electron chi connectivity index (χ4n) is 5.44. The van der Waals surface area contributed by atoms with E-state index in [0.29, 0.717) is 67.4 Å². The maximum atomic E-state index is 13.3. The summed E-state index contributed by atoms with van der Waals surface area (Å²) < 4.78 is 41.9. The summed E-state index contributed by atoms with van der Waals surface area (Å²) in [5, 5.41) is 28.7. The number of carbonyl (C=O) groups is 1. The van der Waals surface area contributed by atoms with Crippen LogP contribution in [0.15, 0.2) is 105 Å². The van der Waals surface area contributed by atoms with Crippen LogP contribution in [0.3, 0.4) is 0 Å². The predicted octanol–water partition coefficient (Wildman–Crippen LogP) is 3.93. The summed E-state index contributed by atoms with van der Waals surface area (Å²) in [6.07, 6.45) is 0. The molecule has 2 aromatic heterocycles. The Morgan fingerprint density at radius 2 is 1.69 bits per heavy atom. The first-order chi connectivity index (χ1) is 25.3. The Kier molecular flexibility index (Phi) is 11.5. The van der Waals surface area contributed by atoms with Crippen LogP contribution in [-0.4, -0.2) is 90.9 Å². The number of thioether (sulfide) groups is 1.